The highest BCUT2D eigenvalue weighted by Gasteiger charge is 2.22. The van der Waals surface area contributed by atoms with Crippen LogP contribution in [0.2, 0.25) is 0 Å². The van der Waals surface area contributed by atoms with Crippen molar-refractivity contribution in [1.82, 2.24) is 14.9 Å². The quantitative estimate of drug-likeness (QED) is 0.530. The number of imidazole rings is 1. The van der Waals surface area contributed by atoms with Gasteiger partial charge in [0, 0.05) is 32.3 Å². The van der Waals surface area contributed by atoms with Crippen molar-refractivity contribution in [3.8, 4) is 0 Å². The average Bonchev–Trinajstić information content (AvgIpc) is 3.08. The van der Waals surface area contributed by atoms with E-state index in [9.17, 15) is 14.9 Å². The van der Waals surface area contributed by atoms with Crippen LogP contribution in [0.5, 0.6) is 0 Å². The van der Waals surface area contributed by atoms with Gasteiger partial charge < -0.3 is 14.8 Å². The molecule has 8 nitrogen and oxygen atoms in total. The van der Waals surface area contributed by atoms with E-state index in [0.29, 0.717) is 5.56 Å². The smallest absolute Gasteiger partial charge is 0.270 e. The van der Waals surface area contributed by atoms with Crippen LogP contribution in [0.1, 0.15) is 35.4 Å². The van der Waals surface area contributed by atoms with Crippen LogP contribution < -0.4 is 10.2 Å². The summed E-state index contributed by atoms with van der Waals surface area (Å²) in [7, 11) is 1.91. The van der Waals surface area contributed by atoms with Crippen LogP contribution in [0.25, 0.3) is 11.0 Å². The molecule has 8 heteroatoms. The Bertz CT molecular complexity index is 1070. The first-order valence-corrected chi connectivity index (χ1v) is 9.76. The van der Waals surface area contributed by atoms with Gasteiger partial charge in [-0.25, -0.2) is 4.98 Å². The first kappa shape index (κ1) is 18.9. The molecular formula is C21H23N5O3. The average molecular weight is 393 g/mol. The van der Waals surface area contributed by atoms with Crippen molar-refractivity contribution >= 4 is 28.3 Å². The Morgan fingerprint density at radius 1 is 1.17 bits per heavy atom. The van der Waals surface area contributed by atoms with Crippen LogP contribution in [0.4, 0.5) is 11.4 Å². The molecule has 150 valence electrons. The molecule has 1 aromatic heterocycles. The third kappa shape index (κ3) is 3.78. The fourth-order valence-electron chi connectivity index (χ4n) is 3.84. The number of aromatic nitrogens is 2. The Morgan fingerprint density at radius 3 is 2.66 bits per heavy atom. The van der Waals surface area contributed by atoms with Crippen molar-refractivity contribution in [1.29, 1.82) is 0 Å². The van der Waals surface area contributed by atoms with E-state index in [4.69, 9.17) is 0 Å². The van der Waals surface area contributed by atoms with Gasteiger partial charge >= 0.3 is 0 Å². The molecule has 0 spiro atoms. The summed E-state index contributed by atoms with van der Waals surface area (Å²) in [6.07, 6.45) is 3.27. The number of piperidine rings is 1. The highest BCUT2D eigenvalue weighted by molar-refractivity contribution is 6.00. The monoisotopic (exact) mass is 393 g/mol. The highest BCUT2D eigenvalue weighted by Crippen LogP contribution is 2.28. The van der Waals surface area contributed by atoms with E-state index >= 15 is 0 Å². The van der Waals surface area contributed by atoms with E-state index in [0.717, 1.165) is 54.9 Å². The Kier molecular flexibility index (Phi) is 5.16. The van der Waals surface area contributed by atoms with E-state index in [1.165, 1.54) is 12.1 Å². The van der Waals surface area contributed by atoms with Crippen LogP contribution in [0, 0.1) is 10.1 Å². The van der Waals surface area contributed by atoms with Crippen molar-refractivity contribution in [2.24, 2.45) is 7.05 Å². The number of rotatable bonds is 5. The summed E-state index contributed by atoms with van der Waals surface area (Å²) in [6.45, 7) is 1.94. The fraction of sp³-hybridized carbons (Fsp3) is 0.333. The molecule has 1 N–H and O–H groups in total. The summed E-state index contributed by atoms with van der Waals surface area (Å²) in [6, 6.07) is 12.3. The molecule has 2 heterocycles. The first-order chi connectivity index (χ1) is 14.0. The summed E-state index contributed by atoms with van der Waals surface area (Å²) in [5, 5.41) is 14.1. The molecule has 1 amide bonds. The molecule has 1 aliphatic rings. The molecule has 0 aliphatic carbocycles. The molecule has 1 aliphatic heterocycles. The van der Waals surface area contributed by atoms with Crippen molar-refractivity contribution in [2.75, 3.05) is 18.0 Å². The SMILES string of the molecule is Cn1c(CNC(=O)c2cc([N+](=O)[O-])ccc2N2CCCCC2)nc2ccccc21. The standard InChI is InChI=1S/C21H23N5O3/c1-24-19-8-4-3-7-17(19)23-20(24)14-22-21(27)16-13-15(26(28)29)9-10-18(16)25-11-5-2-6-12-25/h3-4,7-10,13H,2,5-6,11-12,14H2,1H3,(H,22,27). The Balaban J connectivity index is 1.60. The number of hydrogen-bond donors (Lipinski definition) is 1. The first-order valence-electron chi connectivity index (χ1n) is 9.76. The van der Waals surface area contributed by atoms with E-state index in [2.05, 4.69) is 15.2 Å². The predicted molar refractivity (Wildman–Crippen MR) is 111 cm³/mol. The number of non-ortho nitro benzene ring substituents is 1. The molecule has 0 unspecified atom stereocenters. The number of anilines is 1. The lowest BCUT2D eigenvalue weighted by molar-refractivity contribution is -0.384. The molecule has 2 aromatic carbocycles. The summed E-state index contributed by atoms with van der Waals surface area (Å²) in [5.41, 5.74) is 2.85. The Hall–Kier alpha value is -3.42. The number of nitro groups is 1. The maximum absolute atomic E-state index is 13.0. The third-order valence-electron chi connectivity index (χ3n) is 5.42. The molecule has 0 atom stereocenters. The lowest BCUT2D eigenvalue weighted by Crippen LogP contribution is -2.33. The zero-order valence-electron chi connectivity index (χ0n) is 16.3. The number of benzene rings is 2. The van der Waals surface area contributed by atoms with Gasteiger partial charge in [0.2, 0.25) is 0 Å². The number of nitrogens with zero attached hydrogens (tertiary/aromatic N) is 4. The number of nitrogens with one attached hydrogen (secondary N) is 1. The van der Waals surface area contributed by atoms with E-state index in [1.807, 2.05) is 35.9 Å². The topological polar surface area (TPSA) is 93.3 Å². The minimum atomic E-state index is -0.470. The number of aryl methyl sites for hydroxylation is 1. The molecule has 29 heavy (non-hydrogen) atoms. The zero-order valence-corrected chi connectivity index (χ0v) is 16.3. The van der Waals surface area contributed by atoms with Gasteiger partial charge in [-0.1, -0.05) is 12.1 Å². The number of nitro benzene ring substituents is 1. The van der Waals surface area contributed by atoms with Gasteiger partial charge in [0.1, 0.15) is 5.82 Å². The predicted octanol–water partition coefficient (Wildman–Crippen LogP) is 3.40. The van der Waals surface area contributed by atoms with Crippen molar-refractivity contribution in [3.63, 3.8) is 0 Å². The van der Waals surface area contributed by atoms with E-state index < -0.39 is 4.92 Å². The lowest BCUT2D eigenvalue weighted by Gasteiger charge is -2.30. The summed E-state index contributed by atoms with van der Waals surface area (Å²) in [5.74, 6) is 0.394. The highest BCUT2D eigenvalue weighted by atomic mass is 16.6. The molecule has 1 fully saturated rings. The second kappa shape index (κ2) is 7.90. The second-order valence-electron chi connectivity index (χ2n) is 7.26. The van der Waals surface area contributed by atoms with Crippen molar-refractivity contribution in [3.05, 3.63) is 64.0 Å². The number of fused-ring (bicyclic) bond motifs is 1. The largest absolute Gasteiger partial charge is 0.371 e. The summed E-state index contributed by atoms with van der Waals surface area (Å²) < 4.78 is 1.94. The van der Waals surface area contributed by atoms with Gasteiger partial charge in [0.05, 0.1) is 33.8 Å². The summed E-state index contributed by atoms with van der Waals surface area (Å²) in [4.78, 5) is 30.5. The van der Waals surface area contributed by atoms with Crippen LogP contribution in [0.3, 0.4) is 0 Å². The third-order valence-corrected chi connectivity index (χ3v) is 5.42. The Labute approximate surface area is 168 Å². The minimum absolute atomic E-state index is 0.0846. The van der Waals surface area contributed by atoms with Crippen LogP contribution in [-0.4, -0.2) is 33.5 Å². The van der Waals surface area contributed by atoms with Gasteiger partial charge in [-0.15, -0.1) is 0 Å². The van der Waals surface area contributed by atoms with Crippen LogP contribution >= 0.6 is 0 Å². The maximum Gasteiger partial charge on any atom is 0.270 e. The maximum atomic E-state index is 13.0. The number of carbonyl (C=O) groups is 1. The normalized spacial score (nSPS) is 14.2. The van der Waals surface area contributed by atoms with E-state index in [-0.39, 0.29) is 18.1 Å². The van der Waals surface area contributed by atoms with Crippen LogP contribution in [-0.2, 0) is 13.6 Å². The fourth-order valence-corrected chi connectivity index (χ4v) is 3.84. The van der Waals surface area contributed by atoms with Crippen molar-refractivity contribution in [2.45, 2.75) is 25.8 Å². The molecule has 1 saturated heterocycles. The lowest BCUT2D eigenvalue weighted by atomic mass is 10.1. The molecule has 3 aromatic rings. The van der Waals surface area contributed by atoms with Gasteiger partial charge in [-0.2, -0.15) is 0 Å². The second-order valence-corrected chi connectivity index (χ2v) is 7.26. The Morgan fingerprint density at radius 2 is 1.93 bits per heavy atom. The molecule has 0 radical (unpaired) electrons. The molecular weight excluding hydrogens is 370 g/mol. The number of amides is 1. The number of carbonyl (C=O) groups excluding carboxylic acids is 1. The van der Waals surface area contributed by atoms with E-state index in [1.54, 1.807) is 6.07 Å². The van der Waals surface area contributed by atoms with Gasteiger partial charge in [0.25, 0.3) is 11.6 Å². The van der Waals surface area contributed by atoms with Crippen LogP contribution in [0.15, 0.2) is 42.5 Å². The number of para-hydroxylation sites is 2. The number of hydrogen-bond acceptors (Lipinski definition) is 5. The molecule has 0 bridgehead atoms. The molecule has 0 saturated carbocycles. The van der Waals surface area contributed by atoms with Crippen molar-refractivity contribution < 1.29 is 9.72 Å². The zero-order chi connectivity index (χ0) is 20.4. The minimum Gasteiger partial charge on any atom is -0.371 e. The summed E-state index contributed by atoms with van der Waals surface area (Å²) >= 11 is 0. The van der Waals surface area contributed by atoms with Gasteiger partial charge in [0.15, 0.2) is 0 Å². The van der Waals surface area contributed by atoms with Gasteiger partial charge in [-0.05, 0) is 37.5 Å². The van der Waals surface area contributed by atoms with Gasteiger partial charge in [-0.3, -0.25) is 14.9 Å². The molecule has 4 rings (SSSR count).